The van der Waals surface area contributed by atoms with Crippen LogP contribution in [-0.2, 0) is 6.54 Å². The Kier molecular flexibility index (Phi) is 4.08. The van der Waals surface area contributed by atoms with E-state index in [1.165, 1.54) is 6.07 Å². The van der Waals surface area contributed by atoms with Gasteiger partial charge in [0.2, 0.25) is 0 Å². The molecule has 1 N–H and O–H groups in total. The molecule has 78 valence electrons. The minimum Gasteiger partial charge on any atom is -0.310 e. The fourth-order valence-corrected chi connectivity index (χ4v) is 1.27. The third-order valence-electron chi connectivity index (χ3n) is 2.45. The molecule has 0 aliphatic rings. The lowest BCUT2D eigenvalue weighted by Gasteiger charge is -2.12. The van der Waals surface area contributed by atoms with E-state index in [9.17, 15) is 4.39 Å². The van der Waals surface area contributed by atoms with Crippen LogP contribution in [0.1, 0.15) is 31.4 Å². The molecule has 1 unspecified atom stereocenters. The van der Waals surface area contributed by atoms with Gasteiger partial charge in [0, 0.05) is 18.2 Å². The minimum absolute atomic E-state index is 0.119. The molecule has 1 aromatic carbocycles. The summed E-state index contributed by atoms with van der Waals surface area (Å²) in [5.74, 6) is -0.119. The Labute approximate surface area is 85.3 Å². The molecule has 0 saturated carbocycles. The second-order valence-corrected chi connectivity index (χ2v) is 3.79. The second-order valence-electron chi connectivity index (χ2n) is 3.79. The zero-order valence-corrected chi connectivity index (χ0v) is 9.10. The number of rotatable bonds is 4. The molecule has 14 heavy (non-hydrogen) atoms. The Bertz CT molecular complexity index is 296. The number of hydrogen-bond acceptors (Lipinski definition) is 1. The SMILES string of the molecule is CCC(C)NCc1cc(C)ccc1F. The van der Waals surface area contributed by atoms with Gasteiger partial charge in [0.05, 0.1) is 0 Å². The maximum Gasteiger partial charge on any atom is 0.127 e. The Hall–Kier alpha value is -0.890. The number of nitrogens with one attached hydrogen (secondary N) is 1. The first-order chi connectivity index (χ1) is 6.63. The Balaban J connectivity index is 2.62. The molecule has 0 radical (unpaired) electrons. The predicted molar refractivity (Wildman–Crippen MR) is 57.7 cm³/mol. The molecule has 0 heterocycles. The van der Waals surface area contributed by atoms with Gasteiger partial charge in [-0.1, -0.05) is 24.6 Å². The molecule has 0 amide bonds. The smallest absolute Gasteiger partial charge is 0.127 e. The van der Waals surface area contributed by atoms with Crippen molar-refractivity contribution in [2.45, 2.75) is 39.8 Å². The van der Waals surface area contributed by atoms with Crippen molar-refractivity contribution in [3.63, 3.8) is 0 Å². The van der Waals surface area contributed by atoms with Crippen LogP contribution in [0, 0.1) is 12.7 Å². The van der Waals surface area contributed by atoms with Crippen molar-refractivity contribution >= 4 is 0 Å². The molecule has 1 aromatic rings. The Morgan fingerprint density at radius 1 is 1.43 bits per heavy atom. The summed E-state index contributed by atoms with van der Waals surface area (Å²) >= 11 is 0. The third kappa shape index (κ3) is 3.11. The van der Waals surface area contributed by atoms with E-state index in [1.807, 2.05) is 13.0 Å². The van der Waals surface area contributed by atoms with Gasteiger partial charge >= 0.3 is 0 Å². The number of hydrogen-bond donors (Lipinski definition) is 1. The van der Waals surface area contributed by atoms with Crippen LogP contribution in [0.3, 0.4) is 0 Å². The predicted octanol–water partition coefficient (Wildman–Crippen LogP) is 3.02. The molecule has 0 aliphatic heterocycles. The van der Waals surface area contributed by atoms with Crippen molar-refractivity contribution in [3.8, 4) is 0 Å². The highest BCUT2D eigenvalue weighted by Crippen LogP contribution is 2.09. The molecule has 1 rings (SSSR count). The summed E-state index contributed by atoms with van der Waals surface area (Å²) in [7, 11) is 0. The Morgan fingerprint density at radius 3 is 2.79 bits per heavy atom. The van der Waals surface area contributed by atoms with Crippen molar-refractivity contribution in [2.75, 3.05) is 0 Å². The van der Waals surface area contributed by atoms with E-state index in [1.54, 1.807) is 6.07 Å². The molecular formula is C12H18FN. The van der Waals surface area contributed by atoms with Crippen LogP contribution in [-0.4, -0.2) is 6.04 Å². The minimum atomic E-state index is -0.119. The first kappa shape index (κ1) is 11.2. The normalized spacial score (nSPS) is 12.9. The lowest BCUT2D eigenvalue weighted by Crippen LogP contribution is -2.24. The largest absolute Gasteiger partial charge is 0.310 e. The average molecular weight is 195 g/mol. The Morgan fingerprint density at radius 2 is 2.14 bits per heavy atom. The quantitative estimate of drug-likeness (QED) is 0.778. The maximum atomic E-state index is 13.3. The van der Waals surface area contributed by atoms with Gasteiger partial charge in [0.25, 0.3) is 0 Å². The summed E-state index contributed by atoms with van der Waals surface area (Å²) in [6.07, 6.45) is 1.06. The van der Waals surface area contributed by atoms with Gasteiger partial charge in [-0.15, -0.1) is 0 Å². The molecular weight excluding hydrogens is 177 g/mol. The molecule has 1 atom stereocenters. The highest BCUT2D eigenvalue weighted by atomic mass is 19.1. The zero-order valence-electron chi connectivity index (χ0n) is 9.10. The number of aryl methyl sites for hydroxylation is 1. The number of halogens is 1. The van der Waals surface area contributed by atoms with E-state index < -0.39 is 0 Å². The van der Waals surface area contributed by atoms with Crippen LogP contribution in [0.5, 0.6) is 0 Å². The summed E-state index contributed by atoms with van der Waals surface area (Å²) < 4.78 is 13.3. The molecule has 1 nitrogen and oxygen atoms in total. The van der Waals surface area contributed by atoms with Crippen LogP contribution in [0.2, 0.25) is 0 Å². The summed E-state index contributed by atoms with van der Waals surface area (Å²) in [6.45, 7) is 6.81. The van der Waals surface area contributed by atoms with E-state index in [4.69, 9.17) is 0 Å². The van der Waals surface area contributed by atoms with Gasteiger partial charge in [-0.3, -0.25) is 0 Å². The van der Waals surface area contributed by atoms with Crippen LogP contribution in [0.25, 0.3) is 0 Å². The van der Waals surface area contributed by atoms with Crippen molar-refractivity contribution in [1.82, 2.24) is 5.32 Å². The van der Waals surface area contributed by atoms with E-state index in [0.717, 1.165) is 17.5 Å². The fourth-order valence-electron chi connectivity index (χ4n) is 1.27. The van der Waals surface area contributed by atoms with Crippen molar-refractivity contribution < 1.29 is 4.39 Å². The molecule has 0 bridgehead atoms. The van der Waals surface area contributed by atoms with E-state index in [-0.39, 0.29) is 5.82 Å². The van der Waals surface area contributed by atoms with Crippen LogP contribution >= 0.6 is 0 Å². The first-order valence-electron chi connectivity index (χ1n) is 5.12. The zero-order chi connectivity index (χ0) is 10.6. The van der Waals surface area contributed by atoms with Gasteiger partial charge < -0.3 is 5.32 Å². The topological polar surface area (TPSA) is 12.0 Å². The third-order valence-corrected chi connectivity index (χ3v) is 2.45. The van der Waals surface area contributed by atoms with E-state index in [0.29, 0.717) is 12.6 Å². The summed E-state index contributed by atoms with van der Waals surface area (Å²) in [5.41, 5.74) is 1.86. The summed E-state index contributed by atoms with van der Waals surface area (Å²) in [4.78, 5) is 0. The lowest BCUT2D eigenvalue weighted by atomic mass is 10.1. The van der Waals surface area contributed by atoms with Gasteiger partial charge in [-0.2, -0.15) is 0 Å². The highest BCUT2D eigenvalue weighted by Gasteiger charge is 2.03. The maximum absolute atomic E-state index is 13.3. The van der Waals surface area contributed by atoms with Crippen molar-refractivity contribution in [1.29, 1.82) is 0 Å². The van der Waals surface area contributed by atoms with Crippen molar-refractivity contribution in [2.24, 2.45) is 0 Å². The van der Waals surface area contributed by atoms with Crippen LogP contribution < -0.4 is 5.32 Å². The van der Waals surface area contributed by atoms with Crippen LogP contribution in [0.15, 0.2) is 18.2 Å². The van der Waals surface area contributed by atoms with Gasteiger partial charge in [0.15, 0.2) is 0 Å². The van der Waals surface area contributed by atoms with Gasteiger partial charge in [-0.25, -0.2) is 4.39 Å². The fraction of sp³-hybridized carbons (Fsp3) is 0.500. The second kappa shape index (κ2) is 5.11. The molecule has 0 aromatic heterocycles. The van der Waals surface area contributed by atoms with Crippen molar-refractivity contribution in [3.05, 3.63) is 35.1 Å². The number of benzene rings is 1. The highest BCUT2D eigenvalue weighted by molar-refractivity contribution is 5.23. The van der Waals surface area contributed by atoms with Gasteiger partial charge in [-0.05, 0) is 26.3 Å². The standard InChI is InChI=1S/C12H18FN/c1-4-10(3)14-8-11-7-9(2)5-6-12(11)13/h5-7,10,14H,4,8H2,1-3H3. The first-order valence-corrected chi connectivity index (χ1v) is 5.12. The van der Waals surface area contributed by atoms with E-state index in [2.05, 4.69) is 19.2 Å². The lowest BCUT2D eigenvalue weighted by molar-refractivity contribution is 0.516. The molecule has 2 heteroatoms. The summed E-state index contributed by atoms with van der Waals surface area (Å²) in [6, 6.07) is 5.66. The molecule has 0 aliphatic carbocycles. The average Bonchev–Trinajstić information content (AvgIpc) is 2.19. The van der Waals surface area contributed by atoms with Gasteiger partial charge in [0.1, 0.15) is 5.82 Å². The molecule has 0 fully saturated rings. The van der Waals surface area contributed by atoms with E-state index >= 15 is 0 Å². The summed E-state index contributed by atoms with van der Waals surface area (Å²) in [5, 5.41) is 3.28. The molecule has 0 spiro atoms. The van der Waals surface area contributed by atoms with Crippen LogP contribution in [0.4, 0.5) is 4.39 Å². The monoisotopic (exact) mass is 195 g/mol. The molecule has 0 saturated heterocycles.